The highest BCUT2D eigenvalue weighted by Gasteiger charge is 2.11. The van der Waals surface area contributed by atoms with Gasteiger partial charge in [-0.15, -0.1) is 0 Å². The third kappa shape index (κ3) is 6.15. The Kier molecular flexibility index (Phi) is 8.42. The van der Waals surface area contributed by atoms with E-state index >= 15 is 0 Å². The number of carbonyl (C=O) groups is 1. The Morgan fingerprint density at radius 1 is 0.967 bits per heavy atom. The minimum Gasteiger partial charge on any atom is -0.352 e. The number of halogens is 1. The summed E-state index contributed by atoms with van der Waals surface area (Å²) >= 11 is 0. The first-order valence-corrected chi connectivity index (χ1v) is 11.2. The summed E-state index contributed by atoms with van der Waals surface area (Å²) in [5, 5.41) is 2.92. The summed E-state index contributed by atoms with van der Waals surface area (Å²) in [6.07, 6.45) is 9.60. The molecule has 4 nitrogen and oxygen atoms in total. The Morgan fingerprint density at radius 3 is 2.43 bits per heavy atom. The summed E-state index contributed by atoms with van der Waals surface area (Å²) in [4.78, 5) is 17.1. The number of fused-ring (bicyclic) bond motifs is 1. The number of amides is 1. The molecule has 0 radical (unpaired) electrons. The van der Waals surface area contributed by atoms with Gasteiger partial charge >= 0.3 is 0 Å². The van der Waals surface area contributed by atoms with Crippen LogP contribution < -0.4 is 5.32 Å². The Labute approximate surface area is 178 Å². The molecule has 0 atom stereocenters. The summed E-state index contributed by atoms with van der Waals surface area (Å²) < 4.78 is 15.3. The van der Waals surface area contributed by atoms with Gasteiger partial charge in [-0.1, -0.05) is 57.6 Å². The average Bonchev–Trinajstić information content (AvgIpc) is 3.11. The molecule has 1 heterocycles. The quantitative estimate of drug-likeness (QED) is 0.379. The predicted molar refractivity (Wildman–Crippen MR) is 120 cm³/mol. The lowest BCUT2D eigenvalue weighted by Crippen LogP contribution is -2.26. The van der Waals surface area contributed by atoms with Gasteiger partial charge < -0.3 is 9.88 Å². The molecule has 3 aromatic rings. The maximum absolute atomic E-state index is 13.0. The predicted octanol–water partition coefficient (Wildman–Crippen LogP) is 5.90. The zero-order valence-corrected chi connectivity index (χ0v) is 17.9. The molecule has 0 saturated heterocycles. The van der Waals surface area contributed by atoms with Crippen LogP contribution in [0.4, 0.5) is 4.39 Å². The van der Waals surface area contributed by atoms with E-state index in [-0.39, 0.29) is 11.7 Å². The number of nitrogens with zero attached hydrogens (tertiary/aromatic N) is 2. The number of unbranched alkanes of at least 4 members (excludes halogenated alkanes) is 6. The zero-order valence-electron chi connectivity index (χ0n) is 17.9. The second-order valence-corrected chi connectivity index (χ2v) is 7.80. The van der Waals surface area contributed by atoms with Gasteiger partial charge in [0.15, 0.2) is 0 Å². The number of benzene rings is 2. The number of hydrogen-bond donors (Lipinski definition) is 1. The van der Waals surface area contributed by atoms with Gasteiger partial charge in [-0.25, -0.2) is 9.37 Å². The molecule has 2 aromatic carbocycles. The van der Waals surface area contributed by atoms with Crippen molar-refractivity contribution in [1.82, 2.24) is 14.9 Å². The fraction of sp³-hybridized carbons (Fsp3) is 0.440. The van der Waals surface area contributed by atoms with Crippen LogP contribution >= 0.6 is 0 Å². The smallest absolute Gasteiger partial charge is 0.251 e. The van der Waals surface area contributed by atoms with Crippen LogP contribution in [0.15, 0.2) is 48.5 Å². The molecule has 0 saturated carbocycles. The van der Waals surface area contributed by atoms with E-state index in [0.29, 0.717) is 18.5 Å². The van der Waals surface area contributed by atoms with Crippen molar-refractivity contribution in [3.05, 3.63) is 65.7 Å². The Balaban J connectivity index is 1.55. The largest absolute Gasteiger partial charge is 0.352 e. The number of hydrogen-bond acceptors (Lipinski definition) is 2. The van der Waals surface area contributed by atoms with Crippen molar-refractivity contribution in [2.45, 2.75) is 64.8 Å². The maximum atomic E-state index is 13.0. The van der Waals surface area contributed by atoms with Crippen LogP contribution in [-0.4, -0.2) is 22.0 Å². The standard InChI is InChI=1S/C25H32FN3O/c1-2-3-4-5-6-7-10-19-29-23-12-9-8-11-22(23)28-24(29)17-18-27-25(30)20-13-15-21(26)16-14-20/h8-9,11-16H,2-7,10,17-19H2,1H3,(H,27,30). The van der Waals surface area contributed by atoms with Gasteiger partial charge in [-0.2, -0.15) is 0 Å². The Morgan fingerprint density at radius 2 is 1.67 bits per heavy atom. The van der Waals surface area contributed by atoms with E-state index in [4.69, 9.17) is 4.98 Å². The Hall–Kier alpha value is -2.69. The van der Waals surface area contributed by atoms with E-state index in [1.807, 2.05) is 18.2 Å². The van der Waals surface area contributed by atoms with Gasteiger partial charge in [-0.05, 0) is 42.8 Å². The number of imidazole rings is 1. The first-order valence-electron chi connectivity index (χ1n) is 11.2. The topological polar surface area (TPSA) is 46.9 Å². The number of aromatic nitrogens is 2. The molecular weight excluding hydrogens is 377 g/mol. The van der Waals surface area contributed by atoms with Crippen LogP contribution in [0, 0.1) is 5.82 Å². The van der Waals surface area contributed by atoms with Crippen molar-refractivity contribution in [3.63, 3.8) is 0 Å². The first-order chi connectivity index (χ1) is 14.7. The first kappa shape index (κ1) is 22.0. The molecule has 30 heavy (non-hydrogen) atoms. The van der Waals surface area contributed by atoms with Gasteiger partial charge in [0.1, 0.15) is 11.6 Å². The molecule has 0 aliphatic carbocycles. The molecule has 1 N–H and O–H groups in total. The monoisotopic (exact) mass is 409 g/mol. The molecule has 5 heteroatoms. The highest BCUT2D eigenvalue weighted by Crippen LogP contribution is 2.18. The fourth-order valence-electron chi connectivity index (χ4n) is 3.78. The third-order valence-electron chi connectivity index (χ3n) is 5.46. The minimum atomic E-state index is -0.342. The second kappa shape index (κ2) is 11.5. The van der Waals surface area contributed by atoms with E-state index in [2.05, 4.69) is 22.9 Å². The van der Waals surface area contributed by atoms with E-state index < -0.39 is 0 Å². The third-order valence-corrected chi connectivity index (χ3v) is 5.46. The highest BCUT2D eigenvalue weighted by atomic mass is 19.1. The average molecular weight is 410 g/mol. The van der Waals surface area contributed by atoms with Crippen LogP contribution in [0.2, 0.25) is 0 Å². The molecule has 0 fully saturated rings. The fourth-order valence-corrected chi connectivity index (χ4v) is 3.78. The van der Waals surface area contributed by atoms with E-state index in [9.17, 15) is 9.18 Å². The second-order valence-electron chi connectivity index (χ2n) is 7.80. The van der Waals surface area contributed by atoms with E-state index in [0.717, 1.165) is 29.8 Å². The van der Waals surface area contributed by atoms with Crippen molar-refractivity contribution in [2.24, 2.45) is 0 Å². The van der Waals surface area contributed by atoms with Crippen molar-refractivity contribution in [2.75, 3.05) is 6.54 Å². The number of para-hydroxylation sites is 2. The highest BCUT2D eigenvalue weighted by molar-refractivity contribution is 5.94. The lowest BCUT2D eigenvalue weighted by Gasteiger charge is -2.10. The van der Waals surface area contributed by atoms with Gasteiger partial charge in [0, 0.05) is 25.1 Å². The summed E-state index contributed by atoms with van der Waals surface area (Å²) in [5.41, 5.74) is 2.62. The molecule has 0 aliphatic rings. The van der Waals surface area contributed by atoms with Gasteiger partial charge in [0.2, 0.25) is 0 Å². The molecule has 0 bridgehead atoms. The van der Waals surface area contributed by atoms with Crippen LogP contribution in [0.3, 0.4) is 0 Å². The van der Waals surface area contributed by atoms with Crippen molar-refractivity contribution < 1.29 is 9.18 Å². The van der Waals surface area contributed by atoms with Crippen LogP contribution in [0.25, 0.3) is 11.0 Å². The Bertz CT molecular complexity index is 933. The maximum Gasteiger partial charge on any atom is 0.251 e. The molecule has 0 aliphatic heterocycles. The molecule has 3 rings (SSSR count). The van der Waals surface area contributed by atoms with Crippen molar-refractivity contribution in [1.29, 1.82) is 0 Å². The minimum absolute atomic E-state index is 0.190. The number of aryl methyl sites for hydroxylation is 1. The summed E-state index contributed by atoms with van der Waals surface area (Å²) in [5.74, 6) is 0.469. The van der Waals surface area contributed by atoms with Gasteiger partial charge in [0.05, 0.1) is 11.0 Å². The molecular formula is C25H32FN3O. The molecule has 1 amide bonds. The van der Waals surface area contributed by atoms with Crippen molar-refractivity contribution in [3.8, 4) is 0 Å². The van der Waals surface area contributed by atoms with Crippen LogP contribution in [0.1, 0.15) is 68.1 Å². The number of carbonyl (C=O) groups excluding carboxylic acids is 1. The molecule has 0 unspecified atom stereocenters. The van der Waals surface area contributed by atoms with E-state index in [1.165, 1.54) is 62.8 Å². The lowest BCUT2D eigenvalue weighted by molar-refractivity contribution is 0.0954. The molecule has 1 aromatic heterocycles. The zero-order chi connectivity index (χ0) is 21.2. The molecule has 0 spiro atoms. The van der Waals surface area contributed by atoms with E-state index in [1.54, 1.807) is 0 Å². The molecule has 160 valence electrons. The van der Waals surface area contributed by atoms with Crippen LogP contribution in [0.5, 0.6) is 0 Å². The normalized spacial score (nSPS) is 11.1. The lowest BCUT2D eigenvalue weighted by atomic mass is 10.1. The van der Waals surface area contributed by atoms with Crippen molar-refractivity contribution >= 4 is 16.9 Å². The summed E-state index contributed by atoms with van der Waals surface area (Å²) in [6.45, 7) is 3.69. The summed E-state index contributed by atoms with van der Waals surface area (Å²) in [6, 6.07) is 13.8. The van der Waals surface area contributed by atoms with Gasteiger partial charge in [-0.3, -0.25) is 4.79 Å². The van der Waals surface area contributed by atoms with Gasteiger partial charge in [0.25, 0.3) is 5.91 Å². The number of nitrogens with one attached hydrogen (secondary N) is 1. The SMILES string of the molecule is CCCCCCCCCn1c(CCNC(=O)c2ccc(F)cc2)nc2ccccc21. The number of rotatable bonds is 12. The summed E-state index contributed by atoms with van der Waals surface area (Å²) in [7, 11) is 0. The van der Waals surface area contributed by atoms with Crippen LogP contribution in [-0.2, 0) is 13.0 Å².